The van der Waals surface area contributed by atoms with Crippen LogP contribution in [0.25, 0.3) is 0 Å². The topological polar surface area (TPSA) is 82.9 Å². The van der Waals surface area contributed by atoms with Gasteiger partial charge in [-0.2, -0.15) is 10.2 Å². The summed E-state index contributed by atoms with van der Waals surface area (Å²) in [7, 11) is 0. The average molecular weight is 310 g/mol. The third-order valence-electron chi connectivity index (χ3n) is 3.11. The van der Waals surface area contributed by atoms with Gasteiger partial charge in [-0.15, -0.1) is 0 Å². The van der Waals surface area contributed by atoms with Crippen molar-refractivity contribution in [2.24, 2.45) is 10.2 Å². The second-order valence-electron chi connectivity index (χ2n) is 5.47. The molecular weight excluding hydrogens is 280 g/mol. The Balaban J connectivity index is 3.92. The summed E-state index contributed by atoms with van der Waals surface area (Å²) in [5, 5.41) is 8.01. The quantitative estimate of drug-likeness (QED) is 0.454. The maximum absolute atomic E-state index is 11.6. The lowest BCUT2D eigenvalue weighted by molar-refractivity contribution is -0.126. The van der Waals surface area contributed by atoms with E-state index in [1.165, 1.54) is 0 Å². The molecule has 2 amide bonds. The van der Waals surface area contributed by atoms with E-state index < -0.39 is 0 Å². The van der Waals surface area contributed by atoms with Crippen LogP contribution in [-0.4, -0.2) is 23.2 Å². The Morgan fingerprint density at radius 1 is 0.727 bits per heavy atom. The Morgan fingerprint density at radius 2 is 1.09 bits per heavy atom. The van der Waals surface area contributed by atoms with Gasteiger partial charge in [-0.3, -0.25) is 9.59 Å². The molecule has 0 atom stereocenters. The number of hydrogen-bond acceptors (Lipinski definition) is 4. The molecule has 0 rings (SSSR count). The van der Waals surface area contributed by atoms with E-state index in [9.17, 15) is 9.59 Å². The fourth-order valence-electron chi connectivity index (χ4n) is 1.63. The third kappa shape index (κ3) is 12.1. The summed E-state index contributed by atoms with van der Waals surface area (Å²) in [5.41, 5.74) is 6.74. The summed E-state index contributed by atoms with van der Waals surface area (Å²) >= 11 is 0. The van der Waals surface area contributed by atoms with Crippen molar-refractivity contribution in [2.45, 2.75) is 79.1 Å². The summed E-state index contributed by atoms with van der Waals surface area (Å²) in [6.07, 6.45) is 6.29. The monoisotopic (exact) mass is 310 g/mol. The van der Waals surface area contributed by atoms with Crippen molar-refractivity contribution in [1.82, 2.24) is 10.9 Å². The summed E-state index contributed by atoms with van der Waals surface area (Å²) in [6, 6.07) is 0. The minimum atomic E-state index is -0.252. The van der Waals surface area contributed by atoms with Crippen LogP contribution in [-0.2, 0) is 9.59 Å². The van der Waals surface area contributed by atoms with Gasteiger partial charge in [-0.05, 0) is 39.5 Å². The number of nitrogens with zero attached hydrogens (tertiary/aromatic N) is 2. The molecule has 22 heavy (non-hydrogen) atoms. The normalized spacial score (nSPS) is 12.2. The Labute approximate surface area is 133 Å². The Morgan fingerprint density at radius 3 is 1.41 bits per heavy atom. The minimum absolute atomic E-state index is 0.111. The van der Waals surface area contributed by atoms with Gasteiger partial charge in [0.2, 0.25) is 11.8 Å². The number of carbonyl (C=O) groups is 2. The summed E-state index contributed by atoms with van der Waals surface area (Å²) < 4.78 is 0. The molecule has 126 valence electrons. The molecule has 0 radical (unpaired) electrons. The molecule has 0 spiro atoms. The highest BCUT2D eigenvalue weighted by Gasteiger charge is 2.06. The molecule has 6 nitrogen and oxygen atoms in total. The van der Waals surface area contributed by atoms with Crippen molar-refractivity contribution in [1.29, 1.82) is 0 Å². The van der Waals surface area contributed by atoms with E-state index in [0.717, 1.165) is 49.9 Å². The van der Waals surface area contributed by atoms with Crippen molar-refractivity contribution in [3.63, 3.8) is 0 Å². The first kappa shape index (κ1) is 20.3. The molecule has 0 bridgehead atoms. The van der Waals surface area contributed by atoms with E-state index in [-0.39, 0.29) is 24.7 Å². The molecule has 0 aromatic carbocycles. The number of hydrazone groups is 2. The average Bonchev–Trinajstić information content (AvgIpc) is 2.52. The van der Waals surface area contributed by atoms with Gasteiger partial charge in [0.25, 0.3) is 0 Å². The second kappa shape index (κ2) is 13.0. The number of carbonyl (C=O) groups excluding carboxylic acids is 2. The smallest absolute Gasteiger partial charge is 0.240 e. The number of amides is 2. The van der Waals surface area contributed by atoms with Crippen LogP contribution in [0.4, 0.5) is 0 Å². The molecule has 0 saturated heterocycles. The lowest BCUT2D eigenvalue weighted by atomic mass is 10.2. The molecule has 6 heteroatoms. The zero-order valence-corrected chi connectivity index (χ0v) is 14.4. The van der Waals surface area contributed by atoms with Crippen LogP contribution in [0.5, 0.6) is 0 Å². The van der Waals surface area contributed by atoms with Crippen molar-refractivity contribution >= 4 is 23.2 Å². The first-order valence-corrected chi connectivity index (χ1v) is 8.13. The lowest BCUT2D eigenvalue weighted by Gasteiger charge is -2.03. The van der Waals surface area contributed by atoms with Gasteiger partial charge in [0.05, 0.1) is 0 Å². The first-order valence-electron chi connectivity index (χ1n) is 8.13. The molecule has 0 saturated carbocycles. The number of nitrogens with one attached hydrogen (secondary N) is 2. The van der Waals surface area contributed by atoms with Gasteiger partial charge in [0, 0.05) is 24.3 Å². The van der Waals surface area contributed by atoms with Crippen molar-refractivity contribution in [3.8, 4) is 0 Å². The van der Waals surface area contributed by atoms with E-state index >= 15 is 0 Å². The zero-order valence-electron chi connectivity index (χ0n) is 14.4. The largest absolute Gasteiger partial charge is 0.273 e. The molecule has 2 N–H and O–H groups in total. The predicted molar refractivity (Wildman–Crippen MR) is 90.8 cm³/mol. The van der Waals surface area contributed by atoms with Gasteiger partial charge in [-0.1, -0.05) is 26.7 Å². The van der Waals surface area contributed by atoms with Crippen LogP contribution in [0.1, 0.15) is 79.1 Å². The second-order valence-corrected chi connectivity index (χ2v) is 5.47. The lowest BCUT2D eigenvalue weighted by Crippen LogP contribution is -2.24. The highest BCUT2D eigenvalue weighted by molar-refractivity contribution is 5.87. The molecule has 0 heterocycles. The van der Waals surface area contributed by atoms with Crippen molar-refractivity contribution in [3.05, 3.63) is 0 Å². The molecule has 0 aliphatic rings. The highest BCUT2D eigenvalue weighted by atomic mass is 16.2. The number of rotatable bonds is 11. The highest BCUT2D eigenvalue weighted by Crippen LogP contribution is 1.97. The van der Waals surface area contributed by atoms with E-state index in [1.54, 1.807) is 0 Å². The van der Waals surface area contributed by atoms with E-state index in [4.69, 9.17) is 0 Å². The molecule has 0 aliphatic heterocycles. The first-order chi connectivity index (χ1) is 10.5. The standard InChI is InChI=1S/C16H30N4O2/c1-5-7-9-13(3)17-19-15(21)11-12-16(22)20-18-14(4)10-8-6-2/h5-12H2,1-4H3,(H,19,21)(H,20,22). The third-order valence-corrected chi connectivity index (χ3v) is 3.11. The van der Waals surface area contributed by atoms with Gasteiger partial charge in [0.1, 0.15) is 0 Å². The van der Waals surface area contributed by atoms with Crippen molar-refractivity contribution in [2.75, 3.05) is 0 Å². The van der Waals surface area contributed by atoms with Crippen molar-refractivity contribution < 1.29 is 9.59 Å². The van der Waals surface area contributed by atoms with Crippen LogP contribution in [0.2, 0.25) is 0 Å². The van der Waals surface area contributed by atoms with Gasteiger partial charge in [0.15, 0.2) is 0 Å². The molecule has 0 aliphatic carbocycles. The van der Waals surface area contributed by atoms with Crippen LogP contribution in [0.3, 0.4) is 0 Å². The van der Waals surface area contributed by atoms with Gasteiger partial charge < -0.3 is 0 Å². The van der Waals surface area contributed by atoms with Gasteiger partial charge >= 0.3 is 0 Å². The zero-order chi connectivity index (χ0) is 16.8. The van der Waals surface area contributed by atoms with E-state index in [1.807, 2.05) is 13.8 Å². The molecule has 0 unspecified atom stereocenters. The molecule has 0 aromatic heterocycles. The maximum Gasteiger partial charge on any atom is 0.240 e. The van der Waals surface area contributed by atoms with Crippen LogP contribution < -0.4 is 10.9 Å². The van der Waals surface area contributed by atoms with E-state index in [0.29, 0.717) is 0 Å². The summed E-state index contributed by atoms with van der Waals surface area (Å²) in [4.78, 5) is 23.1. The maximum atomic E-state index is 11.6. The number of hydrogen-bond donors (Lipinski definition) is 2. The molecular formula is C16H30N4O2. The summed E-state index contributed by atoms with van der Waals surface area (Å²) in [5.74, 6) is -0.504. The fraction of sp³-hybridized carbons (Fsp3) is 0.750. The fourth-order valence-corrected chi connectivity index (χ4v) is 1.63. The Kier molecular flexibility index (Phi) is 12.0. The summed E-state index contributed by atoms with van der Waals surface area (Å²) in [6.45, 7) is 7.99. The molecule has 0 aromatic rings. The van der Waals surface area contributed by atoms with Crippen LogP contribution in [0, 0.1) is 0 Å². The van der Waals surface area contributed by atoms with E-state index in [2.05, 4.69) is 34.9 Å². The minimum Gasteiger partial charge on any atom is -0.273 e. The SMILES string of the molecule is CCCCC(C)=NNC(=O)CCC(=O)NN=C(C)CCCC. The number of unbranched alkanes of at least 4 members (excludes halogenated alkanes) is 2. The van der Waals surface area contributed by atoms with Gasteiger partial charge in [-0.25, -0.2) is 10.9 Å². The predicted octanol–water partition coefficient (Wildman–Crippen LogP) is 3.13. The Bertz CT molecular complexity index is 365. The van der Waals surface area contributed by atoms with Crippen LogP contribution >= 0.6 is 0 Å². The molecule has 0 fully saturated rings. The Hall–Kier alpha value is -1.72. The van der Waals surface area contributed by atoms with Crippen LogP contribution in [0.15, 0.2) is 10.2 Å².